The zero-order valence-electron chi connectivity index (χ0n) is 21.9. The van der Waals surface area contributed by atoms with E-state index < -0.39 is 11.9 Å². The number of anilines is 3. The lowest BCUT2D eigenvalue weighted by molar-refractivity contribution is -0.120. The number of ether oxygens (including phenoxy) is 1. The van der Waals surface area contributed by atoms with Crippen molar-refractivity contribution >= 4 is 35.3 Å². The molecule has 2 heterocycles. The average Bonchev–Trinajstić information content (AvgIpc) is 2.92. The maximum Gasteiger partial charge on any atom is 0.246 e. The summed E-state index contributed by atoms with van der Waals surface area (Å²) in [5, 5.41) is 3.36. The Balaban J connectivity index is 1.75. The van der Waals surface area contributed by atoms with Crippen molar-refractivity contribution in [3.63, 3.8) is 0 Å². The number of carbonyl (C=O) groups is 1. The Labute approximate surface area is 231 Å². The maximum atomic E-state index is 13.9. The van der Waals surface area contributed by atoms with Crippen molar-refractivity contribution in [2.45, 2.75) is 42.9 Å². The minimum absolute atomic E-state index is 0.106. The first-order valence-corrected chi connectivity index (χ1v) is 13.2. The van der Waals surface area contributed by atoms with Gasteiger partial charge in [-0.2, -0.15) is 15.0 Å². The lowest BCUT2D eigenvalue weighted by atomic mass is 10.0. The number of nitrogens with zero attached hydrogens (tertiary/aromatic N) is 5. The molecule has 202 valence electrons. The van der Waals surface area contributed by atoms with Crippen LogP contribution in [-0.2, 0) is 11.3 Å². The van der Waals surface area contributed by atoms with E-state index in [0.29, 0.717) is 23.0 Å². The van der Waals surface area contributed by atoms with Gasteiger partial charge in [-0.05, 0) is 78.7 Å². The predicted octanol–water partition coefficient (Wildman–Crippen LogP) is 5.22. The number of aromatic nitrogens is 4. The Bertz CT molecular complexity index is 1390. The molecule has 0 saturated carbocycles. The fourth-order valence-corrected chi connectivity index (χ4v) is 4.46. The standard InChI is InChI=1S/C28H30FN7O2S/c1-18(2)15-24(30)25(37)36(17-21-8-4-5-14-31-21)27-33-26(32-20-9-6-7-19(29)16-20)34-28(35-27)39-23-12-10-22(38-3)11-13-23/h4-14,16,18,24H,15,17,30H2,1-3H3,(H,32,33,34,35)/t24-/m0/s1. The average molecular weight is 548 g/mol. The topological polar surface area (TPSA) is 119 Å². The lowest BCUT2D eigenvalue weighted by Gasteiger charge is -2.25. The third-order valence-corrected chi connectivity index (χ3v) is 6.42. The summed E-state index contributed by atoms with van der Waals surface area (Å²) in [5.41, 5.74) is 7.42. The van der Waals surface area contributed by atoms with Gasteiger partial charge in [0.2, 0.25) is 17.8 Å². The van der Waals surface area contributed by atoms with E-state index in [0.717, 1.165) is 10.6 Å². The van der Waals surface area contributed by atoms with Crippen LogP contribution >= 0.6 is 11.8 Å². The Kier molecular flexibility index (Phi) is 9.40. The zero-order chi connectivity index (χ0) is 27.8. The van der Waals surface area contributed by atoms with Crippen LogP contribution in [0.25, 0.3) is 0 Å². The van der Waals surface area contributed by atoms with Crippen molar-refractivity contribution < 1.29 is 13.9 Å². The Morgan fingerprint density at radius 3 is 2.54 bits per heavy atom. The molecule has 0 aliphatic rings. The van der Waals surface area contributed by atoms with Crippen LogP contribution < -0.4 is 20.7 Å². The summed E-state index contributed by atoms with van der Waals surface area (Å²) >= 11 is 1.29. The molecule has 0 bridgehead atoms. The fraction of sp³-hybridized carbons (Fsp3) is 0.250. The summed E-state index contributed by atoms with van der Waals surface area (Å²) in [5.74, 6) is 0.444. The van der Waals surface area contributed by atoms with Crippen LogP contribution in [0.1, 0.15) is 26.0 Å². The molecule has 9 nitrogen and oxygen atoms in total. The van der Waals surface area contributed by atoms with Crippen LogP contribution in [0.2, 0.25) is 0 Å². The number of rotatable bonds is 11. The van der Waals surface area contributed by atoms with Crippen molar-refractivity contribution in [1.29, 1.82) is 0 Å². The highest BCUT2D eigenvalue weighted by molar-refractivity contribution is 7.99. The van der Waals surface area contributed by atoms with Crippen molar-refractivity contribution in [2.24, 2.45) is 11.7 Å². The first kappa shape index (κ1) is 27.9. The fourth-order valence-electron chi connectivity index (χ4n) is 3.72. The highest BCUT2D eigenvalue weighted by Gasteiger charge is 2.27. The minimum Gasteiger partial charge on any atom is -0.497 e. The second-order valence-corrected chi connectivity index (χ2v) is 10.2. The molecule has 3 N–H and O–H groups in total. The Morgan fingerprint density at radius 1 is 1.08 bits per heavy atom. The van der Waals surface area contributed by atoms with Crippen LogP contribution in [0.15, 0.2) is 83.0 Å². The largest absolute Gasteiger partial charge is 0.497 e. The van der Waals surface area contributed by atoms with E-state index in [1.165, 1.54) is 28.8 Å². The van der Waals surface area contributed by atoms with Gasteiger partial charge in [0.1, 0.15) is 11.6 Å². The van der Waals surface area contributed by atoms with Crippen molar-refractivity contribution in [1.82, 2.24) is 19.9 Å². The summed E-state index contributed by atoms with van der Waals surface area (Å²) in [6, 6.07) is 18.1. The van der Waals surface area contributed by atoms with Gasteiger partial charge in [0, 0.05) is 16.8 Å². The van der Waals surface area contributed by atoms with Crippen molar-refractivity contribution in [3.05, 3.63) is 84.4 Å². The number of nitrogens with one attached hydrogen (secondary N) is 1. The number of hydrogen-bond donors (Lipinski definition) is 2. The summed E-state index contributed by atoms with van der Waals surface area (Å²) < 4.78 is 19.1. The molecule has 4 rings (SSSR count). The second kappa shape index (κ2) is 13.1. The first-order chi connectivity index (χ1) is 18.8. The summed E-state index contributed by atoms with van der Waals surface area (Å²) in [6.45, 7) is 4.12. The van der Waals surface area contributed by atoms with Gasteiger partial charge in [-0.15, -0.1) is 0 Å². The smallest absolute Gasteiger partial charge is 0.246 e. The molecule has 11 heteroatoms. The summed E-state index contributed by atoms with van der Waals surface area (Å²) in [6.07, 6.45) is 2.14. The molecule has 0 aliphatic heterocycles. The molecule has 1 amide bonds. The highest BCUT2D eigenvalue weighted by Crippen LogP contribution is 2.29. The zero-order valence-corrected chi connectivity index (χ0v) is 22.7. The predicted molar refractivity (Wildman–Crippen MR) is 149 cm³/mol. The number of halogens is 1. The number of pyridine rings is 1. The van der Waals surface area contributed by atoms with Gasteiger partial charge in [0.25, 0.3) is 0 Å². The van der Waals surface area contributed by atoms with Gasteiger partial charge < -0.3 is 15.8 Å². The third kappa shape index (κ3) is 7.95. The van der Waals surface area contributed by atoms with Gasteiger partial charge in [-0.3, -0.25) is 14.7 Å². The van der Waals surface area contributed by atoms with Gasteiger partial charge in [0.15, 0.2) is 5.16 Å². The molecule has 2 aromatic heterocycles. The summed E-state index contributed by atoms with van der Waals surface area (Å²) in [4.78, 5) is 34.0. The molecule has 0 fully saturated rings. The lowest BCUT2D eigenvalue weighted by Crippen LogP contribution is -2.45. The normalized spacial score (nSPS) is 11.7. The minimum atomic E-state index is -0.761. The highest BCUT2D eigenvalue weighted by atomic mass is 32.2. The van der Waals surface area contributed by atoms with E-state index in [1.807, 2.05) is 50.2 Å². The molecule has 2 aromatic carbocycles. The van der Waals surface area contributed by atoms with Crippen molar-refractivity contribution in [3.8, 4) is 5.75 Å². The van der Waals surface area contributed by atoms with Crippen LogP contribution in [0.4, 0.5) is 22.0 Å². The molecular weight excluding hydrogens is 517 g/mol. The number of nitrogens with two attached hydrogens (primary N) is 1. The molecule has 0 radical (unpaired) electrons. The van der Waals surface area contributed by atoms with Crippen LogP contribution in [0.3, 0.4) is 0 Å². The van der Waals surface area contributed by atoms with Crippen LogP contribution in [0, 0.1) is 11.7 Å². The Morgan fingerprint density at radius 2 is 1.87 bits per heavy atom. The van der Waals surface area contributed by atoms with Crippen molar-refractivity contribution in [2.75, 3.05) is 17.3 Å². The van der Waals surface area contributed by atoms with E-state index >= 15 is 0 Å². The molecule has 0 spiro atoms. The SMILES string of the molecule is COc1ccc(Sc2nc(Nc3cccc(F)c3)nc(N(Cc3ccccn3)C(=O)[C@@H](N)CC(C)C)n2)cc1. The molecule has 39 heavy (non-hydrogen) atoms. The van der Waals surface area contributed by atoms with Gasteiger partial charge in [-0.1, -0.05) is 26.0 Å². The quantitative estimate of drug-likeness (QED) is 0.261. The Hall–Kier alpha value is -4.09. The number of benzene rings is 2. The number of carbonyl (C=O) groups excluding carboxylic acids is 1. The molecular formula is C28H30FN7O2S. The molecule has 1 atom stereocenters. The molecule has 0 saturated heterocycles. The number of methoxy groups -OCH3 is 1. The molecule has 0 aliphatic carbocycles. The first-order valence-electron chi connectivity index (χ1n) is 12.4. The number of hydrogen-bond acceptors (Lipinski definition) is 9. The van der Waals surface area contributed by atoms with Crippen LogP contribution in [-0.4, -0.2) is 39.0 Å². The van der Waals surface area contributed by atoms with E-state index in [1.54, 1.807) is 31.5 Å². The van der Waals surface area contributed by atoms with Gasteiger partial charge in [-0.25, -0.2) is 4.39 Å². The number of amides is 1. The molecule has 0 unspecified atom stereocenters. The maximum absolute atomic E-state index is 13.9. The molecule has 4 aromatic rings. The van der Waals surface area contributed by atoms with Gasteiger partial charge in [0.05, 0.1) is 25.4 Å². The van der Waals surface area contributed by atoms with Crippen LogP contribution in [0.5, 0.6) is 5.75 Å². The van der Waals surface area contributed by atoms with E-state index in [2.05, 4.69) is 25.3 Å². The van der Waals surface area contributed by atoms with E-state index in [4.69, 9.17) is 10.5 Å². The van der Waals surface area contributed by atoms with E-state index in [9.17, 15) is 9.18 Å². The monoisotopic (exact) mass is 547 g/mol. The second-order valence-electron chi connectivity index (χ2n) is 9.14. The van der Waals surface area contributed by atoms with E-state index in [-0.39, 0.29) is 30.3 Å². The van der Waals surface area contributed by atoms with Gasteiger partial charge >= 0.3 is 0 Å². The summed E-state index contributed by atoms with van der Waals surface area (Å²) in [7, 11) is 1.60. The third-order valence-electron chi connectivity index (χ3n) is 5.55.